The molecule has 3 heterocycles. The Balaban J connectivity index is 1.61. The Bertz CT molecular complexity index is 1370. The van der Waals surface area contributed by atoms with Crippen molar-refractivity contribution in [2.75, 3.05) is 13.7 Å². The molecule has 1 N–H and O–H groups in total. The molecule has 1 aliphatic heterocycles. The second-order valence-corrected chi connectivity index (χ2v) is 7.26. The Morgan fingerprint density at radius 3 is 2.81 bits per heavy atom. The van der Waals surface area contributed by atoms with E-state index in [2.05, 4.69) is 21.1 Å². The van der Waals surface area contributed by atoms with Crippen LogP contribution in [-0.4, -0.2) is 33.5 Å². The smallest absolute Gasteiger partial charge is 0.416 e. The molecule has 10 heteroatoms. The zero-order valence-corrected chi connectivity index (χ0v) is 16.8. The summed E-state index contributed by atoms with van der Waals surface area (Å²) in [6, 6.07) is 12.6. The van der Waals surface area contributed by atoms with Gasteiger partial charge < -0.3 is 14.5 Å². The van der Waals surface area contributed by atoms with Crippen LogP contribution >= 0.6 is 0 Å². The standard InChI is InChI=1S/C22H16F3N5O2/c1-31-18-12(11-26)6-7-16-14(18)10-17(27-16)20-28-21-19(32-9-8-30(21)29-20)13-4-2-3-5-15(13)22(23,24)25/h2-7,10,19,27H,8-9H2,1H3/t19-/m1/s1. The number of hydrogen-bond donors (Lipinski definition) is 1. The van der Waals surface area contributed by atoms with Gasteiger partial charge in [-0.25, -0.2) is 9.67 Å². The number of nitrogens with zero attached hydrogens (tertiary/aromatic N) is 4. The third-order valence-electron chi connectivity index (χ3n) is 5.39. The number of ether oxygens (including phenoxy) is 2. The van der Waals surface area contributed by atoms with E-state index in [1.54, 1.807) is 28.9 Å². The largest absolute Gasteiger partial charge is 0.495 e. The molecule has 2 aromatic carbocycles. The summed E-state index contributed by atoms with van der Waals surface area (Å²) in [5.74, 6) is 1.04. The van der Waals surface area contributed by atoms with Crippen molar-refractivity contribution in [1.29, 1.82) is 5.26 Å². The van der Waals surface area contributed by atoms with Crippen LogP contribution in [0.2, 0.25) is 0 Å². The Morgan fingerprint density at radius 1 is 1.25 bits per heavy atom. The number of rotatable bonds is 3. The van der Waals surface area contributed by atoms with E-state index in [0.717, 1.165) is 11.6 Å². The quantitative estimate of drug-likeness (QED) is 0.510. The van der Waals surface area contributed by atoms with E-state index >= 15 is 0 Å². The van der Waals surface area contributed by atoms with Gasteiger partial charge in [0.1, 0.15) is 17.9 Å². The molecule has 1 atom stereocenters. The van der Waals surface area contributed by atoms with Gasteiger partial charge in [-0.15, -0.1) is 5.10 Å². The first-order chi connectivity index (χ1) is 15.4. The van der Waals surface area contributed by atoms with Crippen molar-refractivity contribution in [3.63, 3.8) is 0 Å². The molecule has 32 heavy (non-hydrogen) atoms. The number of fused-ring (bicyclic) bond motifs is 2. The van der Waals surface area contributed by atoms with E-state index in [0.29, 0.717) is 40.6 Å². The maximum Gasteiger partial charge on any atom is 0.416 e. The number of halogens is 3. The molecule has 0 spiro atoms. The van der Waals surface area contributed by atoms with Gasteiger partial charge in [0.25, 0.3) is 0 Å². The fourth-order valence-corrected chi connectivity index (χ4v) is 3.98. The lowest BCUT2D eigenvalue weighted by Crippen LogP contribution is -2.25. The van der Waals surface area contributed by atoms with Crippen molar-refractivity contribution in [3.8, 4) is 23.3 Å². The average molecular weight is 439 g/mol. The second-order valence-electron chi connectivity index (χ2n) is 7.26. The molecular formula is C22H16F3N5O2. The summed E-state index contributed by atoms with van der Waals surface area (Å²) in [4.78, 5) is 7.71. The zero-order chi connectivity index (χ0) is 22.5. The molecule has 0 saturated heterocycles. The van der Waals surface area contributed by atoms with Gasteiger partial charge in [0.05, 0.1) is 37.1 Å². The van der Waals surface area contributed by atoms with Gasteiger partial charge in [0.2, 0.25) is 0 Å². The molecule has 0 unspecified atom stereocenters. The Morgan fingerprint density at radius 2 is 2.06 bits per heavy atom. The minimum absolute atomic E-state index is 0.00289. The maximum absolute atomic E-state index is 13.6. The summed E-state index contributed by atoms with van der Waals surface area (Å²) < 4.78 is 53.4. The number of alkyl halides is 3. The SMILES string of the molecule is COc1c(C#N)ccc2[nH]c(-c3nc4n(n3)CCO[C@@H]4c3ccccc3C(F)(F)F)cc12. The highest BCUT2D eigenvalue weighted by Crippen LogP contribution is 2.39. The molecule has 0 radical (unpaired) electrons. The highest BCUT2D eigenvalue weighted by molar-refractivity contribution is 5.92. The number of aromatic nitrogens is 4. The van der Waals surface area contributed by atoms with Gasteiger partial charge in [0.15, 0.2) is 11.6 Å². The first-order valence-electron chi connectivity index (χ1n) is 9.73. The Kier molecular flexibility index (Phi) is 4.64. The van der Waals surface area contributed by atoms with Crippen LogP contribution < -0.4 is 4.74 Å². The van der Waals surface area contributed by atoms with Crippen molar-refractivity contribution in [1.82, 2.24) is 19.7 Å². The first kappa shape index (κ1) is 20.1. The van der Waals surface area contributed by atoms with E-state index < -0.39 is 17.8 Å². The van der Waals surface area contributed by atoms with Crippen molar-refractivity contribution in [2.24, 2.45) is 0 Å². The molecule has 0 bridgehead atoms. The van der Waals surface area contributed by atoms with E-state index in [9.17, 15) is 18.4 Å². The maximum atomic E-state index is 13.6. The van der Waals surface area contributed by atoms with Gasteiger partial charge in [-0.3, -0.25) is 0 Å². The summed E-state index contributed by atoms with van der Waals surface area (Å²) >= 11 is 0. The molecule has 0 amide bonds. The minimum Gasteiger partial charge on any atom is -0.495 e. The fourth-order valence-electron chi connectivity index (χ4n) is 3.98. The van der Waals surface area contributed by atoms with E-state index in [1.165, 1.54) is 19.2 Å². The van der Waals surface area contributed by atoms with Gasteiger partial charge in [-0.2, -0.15) is 18.4 Å². The van der Waals surface area contributed by atoms with Crippen LogP contribution in [0.5, 0.6) is 5.75 Å². The molecule has 7 nitrogen and oxygen atoms in total. The number of nitriles is 1. The fraction of sp³-hybridized carbons (Fsp3) is 0.227. The topological polar surface area (TPSA) is 88.8 Å². The van der Waals surface area contributed by atoms with E-state index in [1.807, 2.05) is 0 Å². The van der Waals surface area contributed by atoms with Crippen LogP contribution in [0, 0.1) is 11.3 Å². The molecule has 0 saturated carbocycles. The van der Waals surface area contributed by atoms with Crippen molar-refractivity contribution in [2.45, 2.75) is 18.8 Å². The molecule has 1 aliphatic rings. The number of nitrogens with one attached hydrogen (secondary N) is 1. The lowest BCUT2D eigenvalue weighted by Gasteiger charge is -2.25. The third-order valence-corrected chi connectivity index (χ3v) is 5.39. The number of aromatic amines is 1. The predicted molar refractivity (Wildman–Crippen MR) is 108 cm³/mol. The van der Waals surface area contributed by atoms with Gasteiger partial charge in [-0.05, 0) is 24.3 Å². The summed E-state index contributed by atoms with van der Waals surface area (Å²) in [6.45, 7) is 0.577. The molecule has 0 fully saturated rings. The summed E-state index contributed by atoms with van der Waals surface area (Å²) in [7, 11) is 1.48. The van der Waals surface area contributed by atoms with Crippen LogP contribution in [0.3, 0.4) is 0 Å². The van der Waals surface area contributed by atoms with Crippen molar-refractivity contribution >= 4 is 10.9 Å². The average Bonchev–Trinajstić information content (AvgIpc) is 3.41. The second kappa shape index (κ2) is 7.39. The number of H-pyrrole nitrogens is 1. The highest BCUT2D eigenvalue weighted by Gasteiger charge is 2.38. The summed E-state index contributed by atoms with van der Waals surface area (Å²) in [6.07, 6.45) is -5.51. The third kappa shape index (κ3) is 3.18. The van der Waals surface area contributed by atoms with Crippen LogP contribution in [-0.2, 0) is 17.5 Å². The Hall–Kier alpha value is -3.84. The molecule has 2 aromatic heterocycles. The monoisotopic (exact) mass is 439 g/mol. The van der Waals surface area contributed by atoms with Crippen LogP contribution in [0.4, 0.5) is 13.2 Å². The van der Waals surface area contributed by atoms with Crippen LogP contribution in [0.15, 0.2) is 42.5 Å². The molecule has 0 aliphatic carbocycles. The Labute approximate surface area is 180 Å². The van der Waals surface area contributed by atoms with E-state index in [4.69, 9.17) is 9.47 Å². The summed E-state index contributed by atoms with van der Waals surface area (Å²) in [5, 5.41) is 14.5. The lowest BCUT2D eigenvalue weighted by atomic mass is 10.0. The molecule has 162 valence electrons. The molecule has 4 aromatic rings. The minimum atomic E-state index is -4.52. The van der Waals surface area contributed by atoms with Gasteiger partial charge >= 0.3 is 6.18 Å². The summed E-state index contributed by atoms with van der Waals surface area (Å²) in [5.41, 5.74) is 0.899. The highest BCUT2D eigenvalue weighted by atomic mass is 19.4. The van der Waals surface area contributed by atoms with Gasteiger partial charge in [0, 0.05) is 16.5 Å². The predicted octanol–water partition coefficient (Wildman–Crippen LogP) is 4.45. The first-order valence-corrected chi connectivity index (χ1v) is 9.73. The van der Waals surface area contributed by atoms with Crippen molar-refractivity contribution < 1.29 is 22.6 Å². The molecule has 5 rings (SSSR count). The van der Waals surface area contributed by atoms with Crippen molar-refractivity contribution in [3.05, 3.63) is 65.0 Å². The number of benzene rings is 2. The number of hydrogen-bond acceptors (Lipinski definition) is 5. The van der Waals surface area contributed by atoms with Gasteiger partial charge in [-0.1, -0.05) is 18.2 Å². The zero-order valence-electron chi connectivity index (χ0n) is 16.8. The molecular weight excluding hydrogens is 423 g/mol. The lowest BCUT2D eigenvalue weighted by molar-refractivity contribution is -0.139. The van der Waals surface area contributed by atoms with Crippen LogP contribution in [0.1, 0.15) is 28.6 Å². The van der Waals surface area contributed by atoms with Crippen LogP contribution in [0.25, 0.3) is 22.4 Å². The van der Waals surface area contributed by atoms with E-state index in [-0.39, 0.29) is 12.2 Å². The number of methoxy groups -OCH3 is 1. The normalized spacial score (nSPS) is 16.0.